The highest BCUT2D eigenvalue weighted by Crippen LogP contribution is 2.25. The van der Waals surface area contributed by atoms with Crippen LogP contribution in [0.15, 0.2) is 46.9 Å². The average Bonchev–Trinajstić information content (AvgIpc) is 2.54. The summed E-state index contributed by atoms with van der Waals surface area (Å²) in [7, 11) is 0. The van der Waals surface area contributed by atoms with Gasteiger partial charge in [-0.25, -0.2) is 0 Å². The molecule has 1 amide bonds. The van der Waals surface area contributed by atoms with Gasteiger partial charge in [-0.1, -0.05) is 33.6 Å². The molecule has 0 N–H and O–H groups in total. The molecule has 0 bridgehead atoms. The standard InChI is InChI=1S/C18H18BrClN2O/c1-13-11-16(20)5-6-17(13)21-7-9-22(10-8-21)18(23)14-3-2-4-15(19)12-14/h2-6,11-12H,7-10H2,1H3. The van der Waals surface area contributed by atoms with Gasteiger partial charge in [0.1, 0.15) is 0 Å². The van der Waals surface area contributed by atoms with Crippen LogP contribution in [0, 0.1) is 6.92 Å². The van der Waals surface area contributed by atoms with Crippen molar-refractivity contribution >= 4 is 39.1 Å². The maximum atomic E-state index is 12.6. The van der Waals surface area contributed by atoms with Crippen LogP contribution in [-0.4, -0.2) is 37.0 Å². The first kappa shape index (κ1) is 16.3. The van der Waals surface area contributed by atoms with E-state index in [4.69, 9.17) is 11.6 Å². The van der Waals surface area contributed by atoms with Gasteiger partial charge < -0.3 is 9.80 Å². The van der Waals surface area contributed by atoms with Crippen LogP contribution >= 0.6 is 27.5 Å². The Labute approximate surface area is 150 Å². The van der Waals surface area contributed by atoms with E-state index in [-0.39, 0.29) is 5.91 Å². The van der Waals surface area contributed by atoms with Crippen molar-refractivity contribution in [2.24, 2.45) is 0 Å². The SMILES string of the molecule is Cc1cc(Cl)ccc1N1CCN(C(=O)c2cccc(Br)c2)CC1. The summed E-state index contributed by atoms with van der Waals surface area (Å²) >= 11 is 9.44. The van der Waals surface area contributed by atoms with E-state index in [0.29, 0.717) is 0 Å². The molecule has 0 atom stereocenters. The summed E-state index contributed by atoms with van der Waals surface area (Å²) in [5.74, 6) is 0.0961. The molecule has 1 aliphatic rings. The second-order valence-corrected chi connectivity index (χ2v) is 7.07. The van der Waals surface area contributed by atoms with E-state index in [1.807, 2.05) is 41.3 Å². The Morgan fingerprint density at radius 1 is 1.09 bits per heavy atom. The topological polar surface area (TPSA) is 23.6 Å². The molecule has 23 heavy (non-hydrogen) atoms. The molecule has 0 radical (unpaired) electrons. The first-order valence-corrected chi connectivity index (χ1v) is 8.77. The number of rotatable bonds is 2. The lowest BCUT2D eigenvalue weighted by molar-refractivity contribution is 0.0746. The van der Waals surface area contributed by atoms with E-state index in [1.165, 1.54) is 11.3 Å². The Morgan fingerprint density at radius 2 is 1.83 bits per heavy atom. The third-order valence-corrected chi connectivity index (χ3v) is 4.87. The van der Waals surface area contributed by atoms with Crippen molar-refractivity contribution in [3.05, 3.63) is 63.1 Å². The molecule has 120 valence electrons. The van der Waals surface area contributed by atoms with Crippen molar-refractivity contribution < 1.29 is 4.79 Å². The molecule has 2 aromatic carbocycles. The minimum Gasteiger partial charge on any atom is -0.368 e. The minimum absolute atomic E-state index is 0.0961. The van der Waals surface area contributed by atoms with E-state index in [9.17, 15) is 4.79 Å². The second-order valence-electron chi connectivity index (χ2n) is 5.72. The largest absolute Gasteiger partial charge is 0.368 e. The summed E-state index contributed by atoms with van der Waals surface area (Å²) in [6.07, 6.45) is 0. The number of carbonyl (C=O) groups is 1. The predicted molar refractivity (Wildman–Crippen MR) is 98.4 cm³/mol. The second kappa shape index (κ2) is 6.93. The number of hydrogen-bond acceptors (Lipinski definition) is 2. The third-order valence-electron chi connectivity index (χ3n) is 4.14. The fourth-order valence-corrected chi connectivity index (χ4v) is 3.55. The van der Waals surface area contributed by atoms with Crippen LogP contribution in [0.3, 0.4) is 0 Å². The average molecular weight is 394 g/mol. The molecule has 3 rings (SSSR count). The maximum Gasteiger partial charge on any atom is 0.254 e. The van der Waals surface area contributed by atoms with Gasteiger partial charge in [-0.05, 0) is 48.9 Å². The smallest absolute Gasteiger partial charge is 0.254 e. The Bertz CT molecular complexity index is 727. The molecule has 0 spiro atoms. The monoisotopic (exact) mass is 392 g/mol. The fraction of sp³-hybridized carbons (Fsp3) is 0.278. The van der Waals surface area contributed by atoms with E-state index >= 15 is 0 Å². The van der Waals surface area contributed by atoms with Crippen LogP contribution in [0.1, 0.15) is 15.9 Å². The number of amides is 1. The number of piperazine rings is 1. The van der Waals surface area contributed by atoms with Gasteiger partial charge in [-0.2, -0.15) is 0 Å². The highest BCUT2D eigenvalue weighted by atomic mass is 79.9. The number of carbonyl (C=O) groups excluding carboxylic acids is 1. The number of hydrogen-bond donors (Lipinski definition) is 0. The van der Waals surface area contributed by atoms with Crippen LogP contribution < -0.4 is 4.90 Å². The van der Waals surface area contributed by atoms with Gasteiger partial charge in [0.2, 0.25) is 0 Å². The lowest BCUT2D eigenvalue weighted by Crippen LogP contribution is -2.49. The Morgan fingerprint density at radius 3 is 2.48 bits per heavy atom. The molecule has 5 heteroatoms. The van der Waals surface area contributed by atoms with E-state index < -0.39 is 0 Å². The zero-order chi connectivity index (χ0) is 16.4. The summed E-state index contributed by atoms with van der Waals surface area (Å²) in [5, 5.41) is 0.759. The number of halogens is 2. The molecule has 0 aromatic heterocycles. The molecule has 1 aliphatic heterocycles. The summed E-state index contributed by atoms with van der Waals surface area (Å²) in [6, 6.07) is 13.5. The van der Waals surface area contributed by atoms with Gasteiger partial charge in [0.15, 0.2) is 0 Å². The Balaban J connectivity index is 1.67. The van der Waals surface area contributed by atoms with Crippen molar-refractivity contribution in [2.75, 3.05) is 31.1 Å². The molecule has 1 saturated heterocycles. The minimum atomic E-state index is 0.0961. The Hall–Kier alpha value is -1.52. The van der Waals surface area contributed by atoms with E-state index in [1.54, 1.807) is 0 Å². The van der Waals surface area contributed by atoms with Gasteiger partial charge in [-0.3, -0.25) is 4.79 Å². The van der Waals surface area contributed by atoms with Crippen LogP contribution in [0.25, 0.3) is 0 Å². The lowest BCUT2D eigenvalue weighted by atomic mass is 10.1. The maximum absolute atomic E-state index is 12.6. The highest BCUT2D eigenvalue weighted by Gasteiger charge is 2.23. The molecule has 0 unspecified atom stereocenters. The van der Waals surface area contributed by atoms with Gasteiger partial charge in [0.25, 0.3) is 5.91 Å². The molecule has 1 fully saturated rings. The van der Waals surface area contributed by atoms with Gasteiger partial charge in [-0.15, -0.1) is 0 Å². The van der Waals surface area contributed by atoms with Gasteiger partial charge in [0.05, 0.1) is 0 Å². The molecule has 1 heterocycles. The first-order valence-electron chi connectivity index (χ1n) is 7.60. The quantitative estimate of drug-likeness (QED) is 0.756. The van der Waals surface area contributed by atoms with Gasteiger partial charge in [0, 0.05) is 46.9 Å². The molecule has 0 saturated carbocycles. The zero-order valence-electron chi connectivity index (χ0n) is 12.9. The van der Waals surface area contributed by atoms with E-state index in [2.05, 4.69) is 33.8 Å². The molecular formula is C18H18BrClN2O. The Kier molecular flexibility index (Phi) is 4.93. The van der Waals surface area contributed by atoms with Crippen LogP contribution in [0.2, 0.25) is 5.02 Å². The third kappa shape index (κ3) is 3.70. The summed E-state index contributed by atoms with van der Waals surface area (Å²) in [4.78, 5) is 16.8. The van der Waals surface area contributed by atoms with Crippen LogP contribution in [0.4, 0.5) is 5.69 Å². The number of anilines is 1. The lowest BCUT2D eigenvalue weighted by Gasteiger charge is -2.37. The number of nitrogens with zero attached hydrogens (tertiary/aromatic N) is 2. The number of aryl methyl sites for hydroxylation is 1. The predicted octanol–water partition coefficient (Wildman–Crippen LogP) is 4.37. The van der Waals surface area contributed by atoms with Gasteiger partial charge >= 0.3 is 0 Å². The zero-order valence-corrected chi connectivity index (χ0v) is 15.3. The molecule has 2 aromatic rings. The van der Waals surface area contributed by atoms with Crippen molar-refractivity contribution in [3.63, 3.8) is 0 Å². The normalized spacial score (nSPS) is 14.9. The van der Waals surface area contributed by atoms with Crippen LogP contribution in [0.5, 0.6) is 0 Å². The fourth-order valence-electron chi connectivity index (χ4n) is 2.93. The summed E-state index contributed by atoms with van der Waals surface area (Å²) in [6.45, 7) is 5.20. The van der Waals surface area contributed by atoms with E-state index in [0.717, 1.165) is 41.2 Å². The van der Waals surface area contributed by atoms with Crippen molar-refractivity contribution in [2.45, 2.75) is 6.92 Å². The highest BCUT2D eigenvalue weighted by molar-refractivity contribution is 9.10. The molecular weight excluding hydrogens is 376 g/mol. The first-order chi connectivity index (χ1) is 11.0. The summed E-state index contributed by atoms with van der Waals surface area (Å²) in [5.41, 5.74) is 3.10. The summed E-state index contributed by atoms with van der Waals surface area (Å²) < 4.78 is 0.929. The van der Waals surface area contributed by atoms with Crippen molar-refractivity contribution in [3.8, 4) is 0 Å². The molecule has 0 aliphatic carbocycles. The number of benzene rings is 2. The van der Waals surface area contributed by atoms with Crippen LogP contribution in [-0.2, 0) is 0 Å². The molecule has 3 nitrogen and oxygen atoms in total. The van der Waals surface area contributed by atoms with Crippen molar-refractivity contribution in [1.82, 2.24) is 4.90 Å². The van der Waals surface area contributed by atoms with Crippen molar-refractivity contribution in [1.29, 1.82) is 0 Å².